The number of pyridine rings is 1. The molecule has 21 heavy (non-hydrogen) atoms. The molecule has 120 valence electrons. The van der Waals surface area contributed by atoms with Crippen molar-refractivity contribution in [2.24, 2.45) is 0 Å². The summed E-state index contributed by atoms with van der Waals surface area (Å²) in [5.74, 6) is 0.329. The number of nitrogens with one attached hydrogen (secondary N) is 2. The number of nitrogens with zero attached hydrogens (tertiary/aromatic N) is 1. The molecule has 1 aliphatic rings. The number of halogens is 4. The van der Waals surface area contributed by atoms with Crippen LogP contribution >= 0.6 is 48.0 Å². The Bertz CT molecular complexity index is 456. The van der Waals surface area contributed by atoms with E-state index in [-0.39, 0.29) is 36.8 Å². The van der Waals surface area contributed by atoms with Crippen LogP contribution in [0.3, 0.4) is 0 Å². The quantitative estimate of drug-likeness (QED) is 0.775. The minimum absolute atomic E-state index is 0. The summed E-state index contributed by atoms with van der Waals surface area (Å²) in [6, 6.07) is 1.49. The maximum absolute atomic E-state index is 11.7. The fourth-order valence-corrected chi connectivity index (χ4v) is 2.30. The van der Waals surface area contributed by atoms with Crippen molar-refractivity contribution in [3.63, 3.8) is 0 Å². The van der Waals surface area contributed by atoms with Gasteiger partial charge in [-0.2, -0.15) is 0 Å². The molecule has 1 amide bonds. The number of ether oxygens (including phenoxy) is 1. The Hall–Kier alpha value is -0.460. The first kappa shape index (κ1) is 20.5. The molecule has 1 aromatic rings. The van der Waals surface area contributed by atoms with Crippen molar-refractivity contribution in [1.82, 2.24) is 15.6 Å². The fourth-order valence-electron chi connectivity index (χ4n) is 1.86. The van der Waals surface area contributed by atoms with Crippen LogP contribution < -0.4 is 15.4 Å². The summed E-state index contributed by atoms with van der Waals surface area (Å²) in [7, 11) is 0. The molecule has 0 aromatic carbocycles. The second kappa shape index (κ2) is 10.3. The van der Waals surface area contributed by atoms with Gasteiger partial charge in [0.05, 0.1) is 17.6 Å². The molecule has 1 unspecified atom stereocenters. The molecule has 1 atom stereocenters. The topological polar surface area (TPSA) is 63.2 Å². The van der Waals surface area contributed by atoms with Gasteiger partial charge < -0.3 is 15.4 Å². The molecular formula is C12H17Cl4N3O2. The number of amides is 1. The predicted molar refractivity (Wildman–Crippen MR) is 88.3 cm³/mol. The molecule has 2 N–H and O–H groups in total. The Morgan fingerprint density at radius 1 is 1.48 bits per heavy atom. The number of carbonyl (C=O) groups excluding carboxylic acids is 1. The van der Waals surface area contributed by atoms with E-state index >= 15 is 0 Å². The predicted octanol–water partition coefficient (Wildman–Crippen LogP) is 2.48. The van der Waals surface area contributed by atoms with Gasteiger partial charge in [-0.15, -0.1) is 24.8 Å². The minimum atomic E-state index is -0.0720. The SMILES string of the molecule is Cl.Cl.O=C(NCCOc1ncc(Cl)cc1Cl)C1CCCN1. The van der Waals surface area contributed by atoms with Crippen LogP contribution in [0.1, 0.15) is 12.8 Å². The molecule has 5 nitrogen and oxygen atoms in total. The number of hydrogen-bond donors (Lipinski definition) is 2. The average molecular weight is 377 g/mol. The van der Waals surface area contributed by atoms with Crippen molar-refractivity contribution in [3.8, 4) is 5.88 Å². The normalized spacial score (nSPS) is 16.6. The third-order valence-electron chi connectivity index (χ3n) is 2.79. The fraction of sp³-hybridized carbons (Fsp3) is 0.500. The second-order valence-electron chi connectivity index (χ2n) is 4.23. The number of hydrogen-bond acceptors (Lipinski definition) is 4. The molecule has 1 fully saturated rings. The summed E-state index contributed by atoms with van der Waals surface area (Å²) in [6.07, 6.45) is 3.39. The van der Waals surface area contributed by atoms with Gasteiger partial charge in [-0.3, -0.25) is 4.79 Å². The van der Waals surface area contributed by atoms with Gasteiger partial charge in [0.2, 0.25) is 11.8 Å². The standard InChI is InChI=1S/C12H15Cl2N3O2.2ClH/c13-8-6-9(14)12(17-7-8)19-5-4-16-11(18)10-2-1-3-15-10;;/h6-7,10,15H,1-5H2,(H,16,18);2*1H. The Morgan fingerprint density at radius 3 is 2.86 bits per heavy atom. The molecule has 9 heteroatoms. The summed E-state index contributed by atoms with van der Waals surface area (Å²) >= 11 is 11.6. The van der Waals surface area contributed by atoms with Gasteiger partial charge in [-0.1, -0.05) is 23.2 Å². The highest BCUT2D eigenvalue weighted by atomic mass is 35.5. The van der Waals surface area contributed by atoms with Gasteiger partial charge in [-0.05, 0) is 25.5 Å². The van der Waals surface area contributed by atoms with Crippen molar-refractivity contribution < 1.29 is 9.53 Å². The molecule has 1 aromatic heterocycles. The van der Waals surface area contributed by atoms with Gasteiger partial charge in [-0.25, -0.2) is 4.98 Å². The third-order valence-corrected chi connectivity index (χ3v) is 3.27. The van der Waals surface area contributed by atoms with Gasteiger partial charge in [0.25, 0.3) is 0 Å². The van der Waals surface area contributed by atoms with Crippen LogP contribution in [-0.2, 0) is 4.79 Å². The lowest BCUT2D eigenvalue weighted by Gasteiger charge is -2.11. The summed E-state index contributed by atoms with van der Waals surface area (Å²) in [5, 5.41) is 6.75. The molecule has 1 saturated heterocycles. The molecule has 2 heterocycles. The van der Waals surface area contributed by atoms with Crippen molar-refractivity contribution >= 4 is 53.9 Å². The van der Waals surface area contributed by atoms with Gasteiger partial charge >= 0.3 is 0 Å². The van der Waals surface area contributed by atoms with Crippen LogP contribution in [0.2, 0.25) is 10.0 Å². The van der Waals surface area contributed by atoms with Crippen LogP contribution in [0.5, 0.6) is 5.88 Å². The van der Waals surface area contributed by atoms with Crippen LogP contribution in [0, 0.1) is 0 Å². The highest BCUT2D eigenvalue weighted by molar-refractivity contribution is 6.35. The van der Waals surface area contributed by atoms with Crippen LogP contribution in [0.4, 0.5) is 0 Å². The maximum Gasteiger partial charge on any atom is 0.237 e. The molecule has 0 saturated carbocycles. The Labute approximate surface area is 145 Å². The van der Waals surface area contributed by atoms with Crippen LogP contribution in [0.15, 0.2) is 12.3 Å². The first-order chi connectivity index (χ1) is 9.16. The lowest BCUT2D eigenvalue weighted by molar-refractivity contribution is -0.122. The van der Waals surface area contributed by atoms with Crippen LogP contribution in [-0.4, -0.2) is 36.6 Å². The molecule has 2 rings (SSSR count). The van der Waals surface area contributed by atoms with Gasteiger partial charge in [0.15, 0.2) is 0 Å². The van der Waals surface area contributed by atoms with E-state index in [0.717, 1.165) is 19.4 Å². The van der Waals surface area contributed by atoms with E-state index in [9.17, 15) is 4.79 Å². The monoisotopic (exact) mass is 375 g/mol. The number of aromatic nitrogens is 1. The first-order valence-electron chi connectivity index (χ1n) is 6.12. The van der Waals surface area contributed by atoms with Crippen molar-refractivity contribution in [1.29, 1.82) is 0 Å². The van der Waals surface area contributed by atoms with E-state index in [1.54, 1.807) is 6.07 Å². The average Bonchev–Trinajstić information content (AvgIpc) is 2.90. The maximum atomic E-state index is 11.7. The Balaban J connectivity index is 0.00000200. The summed E-state index contributed by atoms with van der Waals surface area (Å²) < 4.78 is 5.37. The van der Waals surface area contributed by atoms with Crippen molar-refractivity contribution in [2.45, 2.75) is 18.9 Å². The van der Waals surface area contributed by atoms with E-state index in [4.69, 9.17) is 27.9 Å². The van der Waals surface area contributed by atoms with E-state index in [1.165, 1.54) is 6.20 Å². The van der Waals surface area contributed by atoms with Gasteiger partial charge in [0, 0.05) is 6.20 Å². The minimum Gasteiger partial charge on any atom is -0.475 e. The zero-order valence-electron chi connectivity index (χ0n) is 11.1. The number of rotatable bonds is 5. The van der Waals surface area contributed by atoms with E-state index in [2.05, 4.69) is 15.6 Å². The first-order valence-corrected chi connectivity index (χ1v) is 6.87. The molecular weight excluding hydrogens is 360 g/mol. The highest BCUT2D eigenvalue weighted by Crippen LogP contribution is 2.24. The van der Waals surface area contributed by atoms with E-state index in [0.29, 0.717) is 29.1 Å². The largest absolute Gasteiger partial charge is 0.475 e. The number of carbonyl (C=O) groups is 1. The zero-order chi connectivity index (χ0) is 13.7. The molecule has 0 spiro atoms. The summed E-state index contributed by atoms with van der Waals surface area (Å²) in [4.78, 5) is 15.6. The van der Waals surface area contributed by atoms with Gasteiger partial charge in [0.1, 0.15) is 11.6 Å². The third kappa shape index (κ3) is 6.45. The summed E-state index contributed by atoms with van der Waals surface area (Å²) in [5.41, 5.74) is 0. The molecule has 0 bridgehead atoms. The lowest BCUT2D eigenvalue weighted by Crippen LogP contribution is -2.41. The molecule has 1 aliphatic heterocycles. The highest BCUT2D eigenvalue weighted by Gasteiger charge is 2.21. The van der Waals surface area contributed by atoms with E-state index < -0.39 is 0 Å². The molecule has 0 aliphatic carbocycles. The van der Waals surface area contributed by atoms with E-state index in [1.807, 2.05) is 0 Å². The summed E-state index contributed by atoms with van der Waals surface area (Å²) in [6.45, 7) is 1.63. The lowest BCUT2D eigenvalue weighted by atomic mass is 10.2. The molecule has 0 radical (unpaired) electrons. The van der Waals surface area contributed by atoms with Crippen molar-refractivity contribution in [3.05, 3.63) is 22.3 Å². The Kier molecular flexibility index (Phi) is 10.1. The second-order valence-corrected chi connectivity index (χ2v) is 5.07. The Morgan fingerprint density at radius 2 is 2.24 bits per heavy atom. The zero-order valence-corrected chi connectivity index (χ0v) is 14.2. The van der Waals surface area contributed by atoms with Crippen molar-refractivity contribution in [2.75, 3.05) is 19.7 Å². The smallest absolute Gasteiger partial charge is 0.237 e. The van der Waals surface area contributed by atoms with Crippen LogP contribution in [0.25, 0.3) is 0 Å².